The number of aliphatic carboxylic acids is 1. The Morgan fingerprint density at radius 3 is 2.44 bits per heavy atom. The molecular formula is C10H19NO4S. The van der Waals surface area contributed by atoms with Gasteiger partial charge >= 0.3 is 5.97 Å². The van der Waals surface area contributed by atoms with Crippen molar-refractivity contribution in [1.82, 2.24) is 0 Å². The summed E-state index contributed by atoms with van der Waals surface area (Å²) in [5.41, 5.74) is 4.34. The molecule has 0 aliphatic carbocycles. The predicted molar refractivity (Wildman–Crippen MR) is 60.8 cm³/mol. The van der Waals surface area contributed by atoms with Crippen molar-refractivity contribution < 1.29 is 18.3 Å². The smallest absolute Gasteiger partial charge is 0.304 e. The number of sulfone groups is 1. The van der Waals surface area contributed by atoms with Crippen LogP contribution < -0.4 is 5.73 Å². The highest BCUT2D eigenvalue weighted by molar-refractivity contribution is 7.91. The molecule has 16 heavy (non-hydrogen) atoms. The van der Waals surface area contributed by atoms with E-state index in [0.717, 1.165) is 0 Å². The summed E-state index contributed by atoms with van der Waals surface area (Å²) in [7, 11) is -3.16. The molecule has 1 atom stereocenters. The lowest BCUT2D eigenvalue weighted by atomic mass is 9.68. The lowest BCUT2D eigenvalue weighted by Crippen LogP contribution is -2.57. The maximum absolute atomic E-state index is 11.6. The summed E-state index contributed by atoms with van der Waals surface area (Å²) in [6.45, 7) is 3.41. The van der Waals surface area contributed by atoms with E-state index in [9.17, 15) is 13.2 Å². The van der Waals surface area contributed by atoms with Gasteiger partial charge in [-0.05, 0) is 26.7 Å². The first-order valence-electron chi connectivity index (χ1n) is 5.29. The zero-order valence-corrected chi connectivity index (χ0v) is 10.5. The molecule has 1 heterocycles. The molecule has 0 aromatic heterocycles. The van der Waals surface area contributed by atoms with Gasteiger partial charge in [-0.15, -0.1) is 0 Å². The third-order valence-electron chi connectivity index (χ3n) is 3.46. The van der Waals surface area contributed by atoms with Gasteiger partial charge in [0.05, 0.1) is 17.9 Å². The average molecular weight is 249 g/mol. The number of rotatable bonds is 3. The third-order valence-corrected chi connectivity index (χ3v) is 5.37. The Balaban J connectivity index is 3.10. The zero-order valence-electron chi connectivity index (χ0n) is 9.69. The topological polar surface area (TPSA) is 97.5 Å². The van der Waals surface area contributed by atoms with E-state index in [4.69, 9.17) is 10.8 Å². The van der Waals surface area contributed by atoms with Crippen LogP contribution in [-0.2, 0) is 14.6 Å². The molecule has 0 spiro atoms. The van der Waals surface area contributed by atoms with Crippen LogP contribution in [0.5, 0.6) is 0 Å². The number of carboxylic acids is 1. The second-order valence-electron chi connectivity index (χ2n) is 5.27. The van der Waals surface area contributed by atoms with Gasteiger partial charge in [0, 0.05) is 11.0 Å². The Morgan fingerprint density at radius 1 is 1.50 bits per heavy atom. The Bertz CT molecular complexity index is 382. The van der Waals surface area contributed by atoms with Gasteiger partial charge in [0.1, 0.15) is 0 Å². The molecule has 6 heteroatoms. The summed E-state index contributed by atoms with van der Waals surface area (Å²) in [5.74, 6) is -0.962. The van der Waals surface area contributed by atoms with Gasteiger partial charge < -0.3 is 10.8 Å². The highest BCUT2D eigenvalue weighted by atomic mass is 32.2. The van der Waals surface area contributed by atoms with Crippen LogP contribution in [0.15, 0.2) is 0 Å². The summed E-state index contributed by atoms with van der Waals surface area (Å²) >= 11 is 0. The molecule has 1 unspecified atom stereocenters. The minimum Gasteiger partial charge on any atom is -0.481 e. The summed E-state index contributed by atoms with van der Waals surface area (Å²) in [6.07, 6.45) is 0.869. The first-order chi connectivity index (χ1) is 7.08. The molecule has 0 aromatic carbocycles. The van der Waals surface area contributed by atoms with Crippen LogP contribution in [0.4, 0.5) is 0 Å². The lowest BCUT2D eigenvalue weighted by molar-refractivity contribution is -0.140. The fraction of sp³-hybridized carbons (Fsp3) is 0.900. The summed E-state index contributed by atoms with van der Waals surface area (Å²) < 4.78 is 23.3. The predicted octanol–water partition coefficient (Wildman–Crippen LogP) is 0.393. The molecular weight excluding hydrogens is 230 g/mol. The van der Waals surface area contributed by atoms with Gasteiger partial charge in [-0.1, -0.05) is 0 Å². The number of hydrogen-bond acceptors (Lipinski definition) is 4. The van der Waals surface area contributed by atoms with Gasteiger partial charge in [0.25, 0.3) is 0 Å². The molecule has 5 nitrogen and oxygen atoms in total. The molecule has 1 aliphatic rings. The molecule has 1 fully saturated rings. The molecule has 1 saturated heterocycles. The van der Waals surface area contributed by atoms with Crippen molar-refractivity contribution in [3.05, 3.63) is 0 Å². The minimum atomic E-state index is -3.16. The van der Waals surface area contributed by atoms with Crippen LogP contribution in [0.2, 0.25) is 0 Å². The molecule has 0 bridgehead atoms. The van der Waals surface area contributed by atoms with E-state index in [0.29, 0.717) is 12.8 Å². The fourth-order valence-corrected chi connectivity index (χ4v) is 4.55. The zero-order chi connectivity index (χ0) is 12.6. The van der Waals surface area contributed by atoms with Crippen molar-refractivity contribution in [1.29, 1.82) is 0 Å². The molecule has 94 valence electrons. The van der Waals surface area contributed by atoms with Gasteiger partial charge in [-0.25, -0.2) is 8.42 Å². The Morgan fingerprint density at radius 2 is 2.06 bits per heavy atom. The maximum Gasteiger partial charge on any atom is 0.304 e. The van der Waals surface area contributed by atoms with Crippen molar-refractivity contribution in [3.8, 4) is 0 Å². The second-order valence-corrected chi connectivity index (χ2v) is 7.45. The van der Waals surface area contributed by atoms with Crippen LogP contribution in [0, 0.1) is 5.41 Å². The van der Waals surface area contributed by atoms with Crippen LogP contribution >= 0.6 is 0 Å². The molecule has 1 aliphatic heterocycles. The monoisotopic (exact) mass is 249 g/mol. The average Bonchev–Trinajstić information content (AvgIpc) is 1.97. The van der Waals surface area contributed by atoms with Crippen LogP contribution in [0.3, 0.4) is 0 Å². The van der Waals surface area contributed by atoms with Crippen LogP contribution in [0.25, 0.3) is 0 Å². The van der Waals surface area contributed by atoms with E-state index in [1.165, 1.54) is 0 Å². The standard InChI is InChI=1S/C10H19NO4S/c1-9(2,11)10(6-8(12)13)4-3-5-16(14,15)7-10/h3-7,11H2,1-2H3,(H,12,13). The van der Waals surface area contributed by atoms with E-state index >= 15 is 0 Å². The van der Waals surface area contributed by atoms with E-state index in [1.807, 2.05) is 0 Å². The highest BCUT2D eigenvalue weighted by Crippen LogP contribution is 2.42. The van der Waals surface area contributed by atoms with E-state index < -0.39 is 26.8 Å². The van der Waals surface area contributed by atoms with Crippen molar-refractivity contribution in [2.24, 2.45) is 11.1 Å². The maximum atomic E-state index is 11.6. The molecule has 0 saturated carbocycles. The molecule has 0 aromatic rings. The largest absolute Gasteiger partial charge is 0.481 e. The van der Waals surface area contributed by atoms with Gasteiger partial charge in [-0.2, -0.15) is 0 Å². The summed E-state index contributed by atoms with van der Waals surface area (Å²) in [6, 6.07) is 0. The SMILES string of the molecule is CC(C)(N)C1(CC(=O)O)CCCS(=O)(=O)C1. The first-order valence-corrected chi connectivity index (χ1v) is 7.11. The lowest BCUT2D eigenvalue weighted by Gasteiger charge is -2.45. The third kappa shape index (κ3) is 2.74. The highest BCUT2D eigenvalue weighted by Gasteiger charge is 2.49. The summed E-state index contributed by atoms with van der Waals surface area (Å²) in [5, 5.41) is 8.91. The van der Waals surface area contributed by atoms with Gasteiger partial charge in [0.15, 0.2) is 9.84 Å². The normalized spacial score (nSPS) is 29.9. The number of carbonyl (C=O) groups is 1. The Labute approximate surface area is 95.9 Å². The van der Waals surface area contributed by atoms with E-state index in [2.05, 4.69) is 0 Å². The quantitative estimate of drug-likeness (QED) is 0.754. The van der Waals surface area contributed by atoms with Crippen molar-refractivity contribution in [3.63, 3.8) is 0 Å². The minimum absolute atomic E-state index is 0.115. The molecule has 0 radical (unpaired) electrons. The molecule has 3 N–H and O–H groups in total. The van der Waals surface area contributed by atoms with Crippen molar-refractivity contribution >= 4 is 15.8 Å². The van der Waals surface area contributed by atoms with Gasteiger partial charge in [-0.3, -0.25) is 4.79 Å². The van der Waals surface area contributed by atoms with Crippen LogP contribution in [0.1, 0.15) is 33.1 Å². The summed E-state index contributed by atoms with van der Waals surface area (Å²) in [4.78, 5) is 10.9. The van der Waals surface area contributed by atoms with Crippen molar-refractivity contribution in [2.45, 2.75) is 38.6 Å². The van der Waals surface area contributed by atoms with Gasteiger partial charge in [0.2, 0.25) is 0 Å². The Hall–Kier alpha value is -0.620. The van der Waals surface area contributed by atoms with Crippen LogP contribution in [-0.4, -0.2) is 36.5 Å². The number of hydrogen-bond donors (Lipinski definition) is 2. The van der Waals surface area contributed by atoms with E-state index in [-0.39, 0.29) is 17.9 Å². The number of carboxylic acid groups (broad SMARTS) is 1. The first kappa shape index (κ1) is 13.4. The second kappa shape index (κ2) is 4.00. The molecule has 1 rings (SSSR count). The number of nitrogens with two attached hydrogens (primary N) is 1. The molecule has 0 amide bonds. The van der Waals surface area contributed by atoms with Crippen molar-refractivity contribution in [2.75, 3.05) is 11.5 Å². The fourth-order valence-electron chi connectivity index (χ4n) is 2.36. The van der Waals surface area contributed by atoms with E-state index in [1.54, 1.807) is 13.8 Å². The Kier molecular flexibility index (Phi) is 3.36.